The molecular formula is C14H19O9P. The first kappa shape index (κ1) is 19.0. The van der Waals surface area contributed by atoms with Gasteiger partial charge in [-0.3, -0.25) is 9.32 Å². The second-order valence-electron chi connectivity index (χ2n) is 5.19. The molecule has 134 valence electrons. The summed E-state index contributed by atoms with van der Waals surface area (Å²) >= 11 is 0. The van der Waals surface area contributed by atoms with E-state index >= 15 is 0 Å². The first-order chi connectivity index (χ1) is 11.3. The lowest BCUT2D eigenvalue weighted by Gasteiger charge is -2.23. The Morgan fingerprint density at radius 1 is 1.25 bits per heavy atom. The van der Waals surface area contributed by atoms with Crippen molar-refractivity contribution in [2.75, 3.05) is 6.61 Å². The SMILES string of the molecule is CC(=O)O[C@@H]1[C@H](OCc2ccccc2)[C@@H](COP(=O)(O)O)O[C@@H]1O. The molecule has 0 aliphatic carbocycles. The number of carbonyl (C=O) groups is 1. The molecule has 0 bridgehead atoms. The van der Waals surface area contributed by atoms with Gasteiger partial charge in [0.25, 0.3) is 0 Å². The minimum atomic E-state index is -4.71. The summed E-state index contributed by atoms with van der Waals surface area (Å²) in [5, 5.41) is 9.88. The van der Waals surface area contributed by atoms with E-state index < -0.39 is 45.0 Å². The van der Waals surface area contributed by atoms with Crippen molar-refractivity contribution < 1.29 is 43.0 Å². The van der Waals surface area contributed by atoms with Gasteiger partial charge in [0.1, 0.15) is 12.2 Å². The summed E-state index contributed by atoms with van der Waals surface area (Å²) in [7, 11) is -4.71. The zero-order valence-corrected chi connectivity index (χ0v) is 13.7. The minimum Gasteiger partial charge on any atom is -0.454 e. The van der Waals surface area contributed by atoms with Crippen molar-refractivity contribution in [3.63, 3.8) is 0 Å². The summed E-state index contributed by atoms with van der Waals surface area (Å²) in [5.74, 6) is -0.646. The van der Waals surface area contributed by atoms with Crippen molar-refractivity contribution in [2.45, 2.75) is 38.1 Å². The standard InChI is InChI=1S/C14H19O9P/c1-9(15)22-13-12(20-7-10-5-3-2-4-6-10)11(23-14(13)16)8-21-24(17,18)19/h2-6,11-14,16H,7-8H2,1H3,(H2,17,18,19)/t11-,12-,13-,14+/m1/s1. The van der Waals surface area contributed by atoms with Crippen molar-refractivity contribution in [1.29, 1.82) is 0 Å². The molecule has 0 radical (unpaired) electrons. The van der Waals surface area contributed by atoms with Gasteiger partial charge in [-0.05, 0) is 5.56 Å². The number of ether oxygens (including phenoxy) is 3. The topological polar surface area (TPSA) is 132 Å². The molecule has 24 heavy (non-hydrogen) atoms. The van der Waals surface area contributed by atoms with Crippen molar-refractivity contribution in [3.8, 4) is 0 Å². The van der Waals surface area contributed by atoms with Gasteiger partial charge in [0, 0.05) is 6.92 Å². The third-order valence-electron chi connectivity index (χ3n) is 3.28. The normalized spacial score (nSPS) is 27.2. The highest BCUT2D eigenvalue weighted by atomic mass is 31.2. The predicted molar refractivity (Wildman–Crippen MR) is 79.4 cm³/mol. The highest BCUT2D eigenvalue weighted by molar-refractivity contribution is 7.46. The number of phosphoric ester groups is 1. The molecule has 1 aliphatic heterocycles. The molecule has 0 spiro atoms. The van der Waals surface area contributed by atoms with E-state index in [-0.39, 0.29) is 6.61 Å². The number of benzene rings is 1. The lowest BCUT2D eigenvalue weighted by molar-refractivity contribution is -0.172. The fraction of sp³-hybridized carbons (Fsp3) is 0.500. The Bertz CT molecular complexity index is 587. The number of aliphatic hydroxyl groups excluding tert-OH is 1. The van der Waals surface area contributed by atoms with Gasteiger partial charge in [0.2, 0.25) is 0 Å². The van der Waals surface area contributed by atoms with E-state index in [1.807, 2.05) is 30.3 Å². The zero-order valence-electron chi connectivity index (χ0n) is 12.8. The summed E-state index contributed by atoms with van der Waals surface area (Å²) in [4.78, 5) is 28.8. The van der Waals surface area contributed by atoms with Crippen LogP contribution in [0.2, 0.25) is 0 Å². The van der Waals surface area contributed by atoms with Crippen LogP contribution in [0.1, 0.15) is 12.5 Å². The number of rotatable bonds is 7. The van der Waals surface area contributed by atoms with E-state index in [0.29, 0.717) is 0 Å². The van der Waals surface area contributed by atoms with Crippen LogP contribution in [-0.4, -0.2) is 52.1 Å². The fourth-order valence-electron chi connectivity index (χ4n) is 2.30. The van der Waals surface area contributed by atoms with E-state index in [0.717, 1.165) is 5.56 Å². The van der Waals surface area contributed by atoms with Crippen LogP contribution in [0.3, 0.4) is 0 Å². The molecule has 1 fully saturated rings. The number of esters is 1. The maximum absolute atomic E-state index is 11.2. The summed E-state index contributed by atoms with van der Waals surface area (Å²) in [6.07, 6.45) is -4.58. The van der Waals surface area contributed by atoms with Crippen LogP contribution < -0.4 is 0 Å². The Labute approximate surface area is 138 Å². The minimum absolute atomic E-state index is 0.131. The van der Waals surface area contributed by atoms with Gasteiger partial charge in [-0.25, -0.2) is 4.57 Å². The predicted octanol–water partition coefficient (Wildman–Crippen LogP) is 0.330. The Balaban J connectivity index is 2.07. The van der Waals surface area contributed by atoms with Crippen LogP contribution in [0, 0.1) is 0 Å². The molecule has 1 aliphatic rings. The van der Waals surface area contributed by atoms with Crippen molar-refractivity contribution in [3.05, 3.63) is 35.9 Å². The zero-order chi connectivity index (χ0) is 17.7. The molecule has 0 aromatic heterocycles. The van der Waals surface area contributed by atoms with Gasteiger partial charge in [0.15, 0.2) is 12.4 Å². The first-order valence-electron chi connectivity index (χ1n) is 7.12. The lowest BCUT2D eigenvalue weighted by Crippen LogP contribution is -2.39. The molecule has 1 aromatic rings. The third kappa shape index (κ3) is 5.64. The molecule has 1 heterocycles. The van der Waals surface area contributed by atoms with Crippen molar-refractivity contribution in [2.24, 2.45) is 0 Å². The molecule has 9 nitrogen and oxygen atoms in total. The van der Waals surface area contributed by atoms with Crippen LogP contribution in [0.5, 0.6) is 0 Å². The Morgan fingerprint density at radius 2 is 1.92 bits per heavy atom. The van der Waals surface area contributed by atoms with Crippen molar-refractivity contribution >= 4 is 13.8 Å². The monoisotopic (exact) mass is 362 g/mol. The largest absolute Gasteiger partial charge is 0.469 e. The molecule has 10 heteroatoms. The summed E-state index contributed by atoms with van der Waals surface area (Å²) in [6.45, 7) is 0.769. The van der Waals surface area contributed by atoms with Gasteiger partial charge in [-0.15, -0.1) is 0 Å². The summed E-state index contributed by atoms with van der Waals surface area (Å²) in [6, 6.07) is 9.10. The number of phosphoric acid groups is 1. The van der Waals surface area contributed by atoms with Crippen LogP contribution in [-0.2, 0) is 34.7 Å². The highest BCUT2D eigenvalue weighted by Gasteiger charge is 2.47. The number of hydrogen-bond donors (Lipinski definition) is 3. The van der Waals surface area contributed by atoms with Crippen LogP contribution in [0.15, 0.2) is 30.3 Å². The van der Waals surface area contributed by atoms with Crippen LogP contribution >= 0.6 is 7.82 Å². The van der Waals surface area contributed by atoms with Crippen molar-refractivity contribution in [1.82, 2.24) is 0 Å². The van der Waals surface area contributed by atoms with Gasteiger partial charge in [0.05, 0.1) is 13.2 Å². The molecular weight excluding hydrogens is 343 g/mol. The van der Waals surface area contributed by atoms with E-state index in [9.17, 15) is 14.5 Å². The summed E-state index contributed by atoms with van der Waals surface area (Å²) < 4.78 is 31.1. The lowest BCUT2D eigenvalue weighted by atomic mass is 10.1. The average Bonchev–Trinajstić information content (AvgIpc) is 2.79. The molecule has 0 saturated carbocycles. The molecule has 0 unspecified atom stereocenters. The highest BCUT2D eigenvalue weighted by Crippen LogP contribution is 2.37. The number of aliphatic hydroxyl groups is 1. The fourth-order valence-corrected chi connectivity index (χ4v) is 2.64. The second kappa shape index (κ2) is 8.17. The smallest absolute Gasteiger partial charge is 0.454 e. The maximum Gasteiger partial charge on any atom is 0.469 e. The van der Waals surface area contributed by atoms with Crippen LogP contribution in [0.25, 0.3) is 0 Å². The van der Waals surface area contributed by atoms with E-state index in [4.69, 9.17) is 24.0 Å². The van der Waals surface area contributed by atoms with Gasteiger partial charge in [-0.1, -0.05) is 30.3 Å². The molecule has 1 aromatic carbocycles. The van der Waals surface area contributed by atoms with E-state index in [1.165, 1.54) is 6.92 Å². The van der Waals surface area contributed by atoms with E-state index in [2.05, 4.69) is 4.52 Å². The molecule has 3 N–H and O–H groups in total. The van der Waals surface area contributed by atoms with Gasteiger partial charge in [-0.2, -0.15) is 0 Å². The Hall–Kier alpha value is -1.32. The molecule has 1 saturated heterocycles. The van der Waals surface area contributed by atoms with Gasteiger partial charge < -0.3 is 29.1 Å². The number of carbonyl (C=O) groups excluding carboxylic acids is 1. The van der Waals surface area contributed by atoms with Crippen LogP contribution in [0.4, 0.5) is 0 Å². The molecule has 0 amide bonds. The second-order valence-corrected chi connectivity index (χ2v) is 6.43. The quantitative estimate of drug-likeness (QED) is 0.464. The van der Waals surface area contributed by atoms with E-state index in [1.54, 1.807) is 0 Å². The Morgan fingerprint density at radius 3 is 2.50 bits per heavy atom. The Kier molecular flexibility index (Phi) is 6.47. The summed E-state index contributed by atoms with van der Waals surface area (Å²) in [5.41, 5.74) is 0.829. The first-order valence-corrected chi connectivity index (χ1v) is 8.65. The molecule has 2 rings (SSSR count). The average molecular weight is 362 g/mol. The third-order valence-corrected chi connectivity index (χ3v) is 3.77. The van der Waals surface area contributed by atoms with Gasteiger partial charge >= 0.3 is 13.8 Å². The molecule has 4 atom stereocenters. The number of hydrogen-bond acceptors (Lipinski definition) is 7. The maximum atomic E-state index is 11.2.